The maximum atomic E-state index is 10.2. The fraction of sp³-hybridized carbons (Fsp3) is 0.308. The molecule has 1 atom stereocenters. The van der Waals surface area contributed by atoms with Gasteiger partial charge in [0.2, 0.25) is 0 Å². The Labute approximate surface area is 95.3 Å². The van der Waals surface area contributed by atoms with E-state index >= 15 is 0 Å². The van der Waals surface area contributed by atoms with Gasteiger partial charge in [0.1, 0.15) is 6.10 Å². The monoisotopic (exact) mass is 216 g/mol. The number of rotatable bonds is 3. The highest BCUT2D eigenvalue weighted by Crippen LogP contribution is 2.21. The normalized spacial score (nSPS) is 12.7. The van der Waals surface area contributed by atoms with Crippen molar-refractivity contribution in [1.29, 1.82) is 0 Å². The van der Waals surface area contributed by atoms with Gasteiger partial charge in [0, 0.05) is 18.3 Å². The summed E-state index contributed by atoms with van der Waals surface area (Å²) in [6.45, 7) is 4.86. The Morgan fingerprint density at radius 3 is 2.81 bits per heavy atom. The summed E-state index contributed by atoms with van der Waals surface area (Å²) in [5.74, 6) is 0. The van der Waals surface area contributed by atoms with Gasteiger partial charge < -0.3 is 5.11 Å². The lowest BCUT2D eigenvalue weighted by molar-refractivity contribution is 0.220. The molecule has 0 radical (unpaired) electrons. The molecule has 0 saturated heterocycles. The number of aliphatic hydroxyl groups is 1. The van der Waals surface area contributed by atoms with Crippen LogP contribution in [0.3, 0.4) is 0 Å². The number of hydrogen-bond donors (Lipinski definition) is 1. The summed E-state index contributed by atoms with van der Waals surface area (Å²) in [5.41, 5.74) is 2.91. The molecule has 0 saturated carbocycles. The van der Waals surface area contributed by atoms with Crippen molar-refractivity contribution in [3.8, 4) is 0 Å². The zero-order valence-electron chi connectivity index (χ0n) is 9.59. The van der Waals surface area contributed by atoms with Crippen LogP contribution in [-0.4, -0.2) is 14.9 Å². The number of hydrogen-bond acceptors (Lipinski definition) is 2. The van der Waals surface area contributed by atoms with E-state index in [9.17, 15) is 5.11 Å². The summed E-state index contributed by atoms with van der Waals surface area (Å²) in [6.07, 6.45) is 3.02. The minimum Gasteiger partial charge on any atom is -0.384 e. The van der Waals surface area contributed by atoms with Gasteiger partial charge >= 0.3 is 0 Å². The second-order valence-corrected chi connectivity index (χ2v) is 3.95. The minimum absolute atomic E-state index is 0.583. The van der Waals surface area contributed by atoms with Crippen LogP contribution in [0.25, 0.3) is 0 Å². The van der Waals surface area contributed by atoms with Crippen molar-refractivity contribution in [3.63, 3.8) is 0 Å². The molecule has 0 amide bonds. The lowest BCUT2D eigenvalue weighted by Crippen LogP contribution is -1.99. The fourth-order valence-corrected chi connectivity index (χ4v) is 1.73. The van der Waals surface area contributed by atoms with E-state index in [0.29, 0.717) is 0 Å². The molecule has 2 rings (SSSR count). The summed E-state index contributed by atoms with van der Waals surface area (Å²) < 4.78 is 1.81. The third-order valence-corrected chi connectivity index (χ3v) is 2.65. The van der Waals surface area contributed by atoms with Crippen LogP contribution in [0.2, 0.25) is 0 Å². The van der Waals surface area contributed by atoms with Gasteiger partial charge in [0.25, 0.3) is 0 Å². The Kier molecular flexibility index (Phi) is 3.06. The molecule has 3 nitrogen and oxygen atoms in total. The van der Waals surface area contributed by atoms with Crippen molar-refractivity contribution in [2.45, 2.75) is 26.5 Å². The third kappa shape index (κ3) is 2.14. The van der Waals surface area contributed by atoms with E-state index in [1.807, 2.05) is 49.0 Å². The van der Waals surface area contributed by atoms with E-state index in [0.717, 1.165) is 23.2 Å². The molecule has 0 aliphatic heterocycles. The van der Waals surface area contributed by atoms with E-state index in [2.05, 4.69) is 5.10 Å². The maximum absolute atomic E-state index is 10.2. The fourth-order valence-electron chi connectivity index (χ4n) is 1.73. The van der Waals surface area contributed by atoms with E-state index in [4.69, 9.17) is 0 Å². The molecular weight excluding hydrogens is 200 g/mol. The van der Waals surface area contributed by atoms with Crippen LogP contribution < -0.4 is 0 Å². The Hall–Kier alpha value is -1.61. The second-order valence-electron chi connectivity index (χ2n) is 3.95. The summed E-state index contributed by atoms with van der Waals surface area (Å²) in [5, 5.41) is 14.3. The van der Waals surface area contributed by atoms with Gasteiger partial charge in [-0.2, -0.15) is 5.10 Å². The Balaban J connectivity index is 2.27. The van der Waals surface area contributed by atoms with Gasteiger partial charge in [-0.3, -0.25) is 4.68 Å². The average molecular weight is 216 g/mol. The van der Waals surface area contributed by atoms with Crippen LogP contribution in [0.4, 0.5) is 0 Å². The van der Waals surface area contributed by atoms with Gasteiger partial charge in [0.15, 0.2) is 0 Å². The smallest absolute Gasteiger partial charge is 0.107 e. The van der Waals surface area contributed by atoms with Crippen LogP contribution in [0.5, 0.6) is 0 Å². The Morgan fingerprint density at radius 1 is 1.38 bits per heavy atom. The van der Waals surface area contributed by atoms with Gasteiger partial charge in [-0.1, -0.05) is 29.8 Å². The molecule has 0 aliphatic carbocycles. The molecule has 0 fully saturated rings. The van der Waals surface area contributed by atoms with Gasteiger partial charge in [-0.15, -0.1) is 0 Å². The predicted molar refractivity (Wildman–Crippen MR) is 63.1 cm³/mol. The second kappa shape index (κ2) is 4.49. The molecule has 1 N–H and O–H groups in total. The van der Waals surface area contributed by atoms with Crippen LogP contribution >= 0.6 is 0 Å². The summed E-state index contributed by atoms with van der Waals surface area (Å²) in [4.78, 5) is 0. The Morgan fingerprint density at radius 2 is 2.19 bits per heavy atom. The molecule has 84 valence electrons. The SMILES string of the molecule is CCn1cc(C(O)c2cccc(C)c2)cn1. The molecule has 1 aromatic carbocycles. The first-order chi connectivity index (χ1) is 7.70. The quantitative estimate of drug-likeness (QED) is 0.854. The number of aryl methyl sites for hydroxylation is 2. The molecule has 16 heavy (non-hydrogen) atoms. The lowest BCUT2D eigenvalue weighted by atomic mass is 10.0. The standard InChI is InChI=1S/C13H16N2O/c1-3-15-9-12(8-14-15)13(16)11-6-4-5-10(2)7-11/h4-9,13,16H,3H2,1-2H3. The summed E-state index contributed by atoms with van der Waals surface area (Å²) in [7, 11) is 0. The first kappa shape index (κ1) is 10.9. The molecule has 1 heterocycles. The molecule has 0 spiro atoms. The lowest BCUT2D eigenvalue weighted by Gasteiger charge is -2.09. The number of aliphatic hydroxyl groups excluding tert-OH is 1. The van der Waals surface area contributed by atoms with Crippen molar-refractivity contribution in [3.05, 3.63) is 53.3 Å². The number of benzene rings is 1. The van der Waals surface area contributed by atoms with Crippen LogP contribution in [0.1, 0.15) is 29.7 Å². The summed E-state index contributed by atoms with van der Waals surface area (Å²) >= 11 is 0. The highest BCUT2D eigenvalue weighted by Gasteiger charge is 2.12. The molecular formula is C13H16N2O. The largest absolute Gasteiger partial charge is 0.384 e. The molecule has 2 aromatic rings. The third-order valence-electron chi connectivity index (χ3n) is 2.65. The highest BCUT2D eigenvalue weighted by molar-refractivity contribution is 5.30. The predicted octanol–water partition coefficient (Wildman–Crippen LogP) is 2.29. The molecule has 1 unspecified atom stereocenters. The van der Waals surface area contributed by atoms with E-state index in [1.165, 1.54) is 0 Å². The van der Waals surface area contributed by atoms with Gasteiger partial charge in [0.05, 0.1) is 6.20 Å². The van der Waals surface area contributed by atoms with Gasteiger partial charge in [-0.25, -0.2) is 0 Å². The molecule has 3 heteroatoms. The van der Waals surface area contributed by atoms with Crippen molar-refractivity contribution >= 4 is 0 Å². The summed E-state index contributed by atoms with van der Waals surface area (Å²) in [6, 6.07) is 7.90. The van der Waals surface area contributed by atoms with Crippen molar-refractivity contribution < 1.29 is 5.11 Å². The van der Waals surface area contributed by atoms with Crippen molar-refractivity contribution in [2.24, 2.45) is 0 Å². The van der Waals surface area contributed by atoms with E-state index < -0.39 is 6.10 Å². The first-order valence-corrected chi connectivity index (χ1v) is 5.47. The molecule has 0 aliphatic rings. The number of nitrogens with zero attached hydrogens (tertiary/aromatic N) is 2. The van der Waals surface area contributed by atoms with Crippen LogP contribution in [-0.2, 0) is 6.54 Å². The van der Waals surface area contributed by atoms with Crippen LogP contribution in [0.15, 0.2) is 36.7 Å². The van der Waals surface area contributed by atoms with Gasteiger partial charge in [-0.05, 0) is 19.4 Å². The molecule has 1 aromatic heterocycles. The van der Waals surface area contributed by atoms with Crippen LogP contribution in [0, 0.1) is 6.92 Å². The topological polar surface area (TPSA) is 38.0 Å². The Bertz CT molecular complexity index is 476. The van der Waals surface area contributed by atoms with E-state index in [1.54, 1.807) is 6.20 Å². The van der Waals surface area contributed by atoms with Crippen molar-refractivity contribution in [2.75, 3.05) is 0 Å². The number of aromatic nitrogens is 2. The molecule has 0 bridgehead atoms. The zero-order chi connectivity index (χ0) is 11.5. The van der Waals surface area contributed by atoms with Crippen molar-refractivity contribution in [1.82, 2.24) is 9.78 Å². The average Bonchev–Trinajstić information content (AvgIpc) is 2.76. The highest BCUT2D eigenvalue weighted by atomic mass is 16.3. The maximum Gasteiger partial charge on any atom is 0.107 e. The first-order valence-electron chi connectivity index (χ1n) is 5.47. The van der Waals surface area contributed by atoms with E-state index in [-0.39, 0.29) is 0 Å². The zero-order valence-corrected chi connectivity index (χ0v) is 9.59. The minimum atomic E-state index is -0.583.